The quantitative estimate of drug-likeness (QED) is 0.553. The fourth-order valence-electron chi connectivity index (χ4n) is 4.72. The molecule has 2 aromatic heterocycles. The van der Waals surface area contributed by atoms with E-state index in [1.54, 1.807) is 5.38 Å². The summed E-state index contributed by atoms with van der Waals surface area (Å²) in [6.07, 6.45) is 7.03. The fraction of sp³-hybridized carbons (Fsp3) is 0.524. The number of aliphatic hydroxyl groups excluding tert-OH is 1. The number of hydrogen-bond acceptors (Lipinski definition) is 6. The van der Waals surface area contributed by atoms with Crippen molar-refractivity contribution in [2.75, 3.05) is 11.9 Å². The molecular weight excluding hydrogens is 436 g/mol. The predicted molar refractivity (Wildman–Crippen MR) is 119 cm³/mol. The molecule has 0 radical (unpaired) electrons. The molecule has 2 heterocycles. The van der Waals surface area contributed by atoms with Gasteiger partial charge in [0.2, 0.25) is 0 Å². The van der Waals surface area contributed by atoms with E-state index in [0.717, 1.165) is 84.5 Å². The Balaban J connectivity index is 1.46. The number of nitrogens with one attached hydrogen (secondary N) is 1. The van der Waals surface area contributed by atoms with Gasteiger partial charge in [0.05, 0.1) is 18.0 Å². The molecule has 1 spiro atoms. The molecule has 0 bridgehead atoms. The number of nitrogens with two attached hydrogens (primary N) is 1. The average molecular weight is 463 g/mol. The molecule has 10 heteroatoms. The van der Waals surface area contributed by atoms with Crippen molar-refractivity contribution in [2.45, 2.75) is 67.1 Å². The molecule has 8 nitrogen and oxygen atoms in total. The Morgan fingerprint density at radius 3 is 2.84 bits per heavy atom. The van der Waals surface area contributed by atoms with Crippen molar-refractivity contribution < 1.29 is 19.2 Å². The number of rotatable bonds is 4. The molecule has 166 valence electrons. The Hall–Kier alpha value is -1.85. The number of aryl methyl sites for hydroxylation is 1. The van der Waals surface area contributed by atoms with Gasteiger partial charge in [-0.3, -0.25) is 4.98 Å². The number of aliphatic hydroxyl groups is 2. The van der Waals surface area contributed by atoms with E-state index >= 15 is 0 Å². The molecule has 3 aliphatic rings. The maximum absolute atomic E-state index is 13.0. The van der Waals surface area contributed by atoms with Gasteiger partial charge in [-0.25, -0.2) is 14.1 Å². The lowest BCUT2D eigenvalue weighted by Gasteiger charge is -2.18. The van der Waals surface area contributed by atoms with Gasteiger partial charge >= 0.3 is 6.03 Å². The van der Waals surface area contributed by atoms with Crippen molar-refractivity contribution in [3.05, 3.63) is 39.5 Å². The number of carbonyl (C=O) groups is 1. The summed E-state index contributed by atoms with van der Waals surface area (Å²) in [6.45, 7) is 0.949. The molecule has 0 aromatic carbocycles. The molecular formula is C21H26N4O4S2. The summed E-state index contributed by atoms with van der Waals surface area (Å²) in [6, 6.07) is 0.689. The zero-order valence-electron chi connectivity index (χ0n) is 17.3. The van der Waals surface area contributed by atoms with Gasteiger partial charge in [-0.2, -0.15) is 0 Å². The average Bonchev–Trinajstić information content (AvgIpc) is 3.08. The van der Waals surface area contributed by atoms with Gasteiger partial charge in [-0.15, -0.1) is 15.7 Å². The van der Waals surface area contributed by atoms with Crippen LogP contribution in [0.1, 0.15) is 60.7 Å². The maximum Gasteiger partial charge on any atom is 0.354 e. The first kappa shape index (κ1) is 21.0. The van der Waals surface area contributed by atoms with Gasteiger partial charge < -0.3 is 15.5 Å². The van der Waals surface area contributed by atoms with Crippen LogP contribution in [0.3, 0.4) is 0 Å². The van der Waals surface area contributed by atoms with Crippen LogP contribution in [0, 0.1) is 0 Å². The second-order valence-electron chi connectivity index (χ2n) is 9.05. The van der Waals surface area contributed by atoms with E-state index in [4.69, 9.17) is 10.1 Å². The molecule has 1 saturated carbocycles. The van der Waals surface area contributed by atoms with Gasteiger partial charge in [-0.1, -0.05) is 0 Å². The Morgan fingerprint density at radius 1 is 1.35 bits per heavy atom. The molecule has 1 fully saturated rings. The minimum atomic E-state index is -3.49. The summed E-state index contributed by atoms with van der Waals surface area (Å²) in [7, 11) is -3.49. The minimum absolute atomic E-state index is 0.175. The lowest BCUT2D eigenvalue weighted by Crippen LogP contribution is -2.25. The molecule has 5 N–H and O–H groups in total. The highest BCUT2D eigenvalue weighted by molar-refractivity contribution is 7.93. The number of nitrogens with zero attached hydrogens (tertiary/aromatic N) is 2. The van der Waals surface area contributed by atoms with Crippen molar-refractivity contribution in [3.63, 3.8) is 0 Å². The van der Waals surface area contributed by atoms with Crippen LogP contribution < -0.4 is 10.5 Å². The molecule has 2 unspecified atom stereocenters. The smallest absolute Gasteiger partial charge is 0.354 e. The maximum atomic E-state index is 13.0. The Kier molecular flexibility index (Phi) is 4.80. The van der Waals surface area contributed by atoms with Crippen molar-refractivity contribution in [2.24, 2.45) is 9.50 Å². The first-order valence-electron chi connectivity index (χ1n) is 10.5. The Bertz CT molecular complexity index is 1210. The van der Waals surface area contributed by atoms with Crippen molar-refractivity contribution in [3.8, 4) is 0 Å². The molecule has 2 aromatic rings. The van der Waals surface area contributed by atoms with Crippen molar-refractivity contribution >= 4 is 33.0 Å². The second-order valence-corrected chi connectivity index (χ2v) is 12.0. The number of urea groups is 1. The number of aromatic nitrogens is 1. The SMILES string of the molecule is CC(O)(CO)c1csc(S(N)(=O)=NC(=O)Nc2c3c(nc4c2CCC42CC2)CCC3)c1. The van der Waals surface area contributed by atoms with Crippen LogP contribution >= 0.6 is 11.3 Å². The highest BCUT2D eigenvalue weighted by Crippen LogP contribution is 2.58. The third-order valence-corrected chi connectivity index (χ3v) is 9.64. The third kappa shape index (κ3) is 3.50. The highest BCUT2D eigenvalue weighted by Gasteiger charge is 2.51. The molecule has 3 aliphatic carbocycles. The zero-order valence-corrected chi connectivity index (χ0v) is 18.9. The van der Waals surface area contributed by atoms with Gasteiger partial charge in [0, 0.05) is 11.1 Å². The molecule has 0 aliphatic heterocycles. The van der Waals surface area contributed by atoms with Crippen LogP contribution in [0.4, 0.5) is 10.5 Å². The number of thiophene rings is 1. The number of anilines is 1. The Labute approximate surface area is 185 Å². The van der Waals surface area contributed by atoms with E-state index in [9.17, 15) is 19.2 Å². The molecule has 2 amide bonds. The van der Waals surface area contributed by atoms with Gasteiger partial charge in [0.1, 0.15) is 9.81 Å². The van der Waals surface area contributed by atoms with Crippen LogP contribution in [0.2, 0.25) is 0 Å². The molecule has 2 atom stereocenters. The first-order valence-corrected chi connectivity index (χ1v) is 12.9. The number of fused-ring (bicyclic) bond motifs is 3. The standard InChI is InChI=1S/C21H26N4O4S2/c1-20(28,11-26)12-9-16(30-10-12)31(22,29)25-19(27)24-17-13-3-2-4-15(13)23-18-14(17)5-6-21(18)7-8-21/h9-10,26,28H,2-8,11H2,1H3,(H3,22,23,24,25,27,29). The van der Waals surface area contributed by atoms with Crippen molar-refractivity contribution in [1.82, 2.24) is 4.98 Å². The van der Waals surface area contributed by atoms with Crippen LogP contribution in [0.25, 0.3) is 0 Å². The van der Waals surface area contributed by atoms with Crippen LogP contribution in [0.15, 0.2) is 20.0 Å². The zero-order chi connectivity index (χ0) is 22.0. The highest BCUT2D eigenvalue weighted by atomic mass is 32.2. The van der Waals surface area contributed by atoms with E-state index in [0.29, 0.717) is 5.56 Å². The number of amides is 2. The van der Waals surface area contributed by atoms with Crippen molar-refractivity contribution in [1.29, 1.82) is 0 Å². The third-order valence-electron chi connectivity index (χ3n) is 6.78. The van der Waals surface area contributed by atoms with Crippen LogP contribution in [0.5, 0.6) is 0 Å². The monoisotopic (exact) mass is 462 g/mol. The molecule has 5 rings (SSSR count). The summed E-state index contributed by atoms with van der Waals surface area (Å²) in [4.78, 5) is 17.8. The van der Waals surface area contributed by atoms with Crippen LogP contribution in [-0.2, 0) is 40.2 Å². The largest absolute Gasteiger partial charge is 0.393 e. The normalized spacial score (nSPS) is 21.8. The number of carbonyl (C=O) groups excluding carboxylic acids is 1. The lowest BCUT2D eigenvalue weighted by atomic mass is 10.0. The van der Waals surface area contributed by atoms with Gasteiger partial charge in [-0.05, 0) is 80.0 Å². The minimum Gasteiger partial charge on any atom is -0.393 e. The fourth-order valence-corrected chi connectivity index (χ4v) is 6.96. The van der Waals surface area contributed by atoms with Gasteiger partial charge in [0.25, 0.3) is 0 Å². The molecule has 31 heavy (non-hydrogen) atoms. The number of pyridine rings is 1. The lowest BCUT2D eigenvalue weighted by molar-refractivity contribution is -0.00203. The van der Waals surface area contributed by atoms with E-state index in [-0.39, 0.29) is 9.62 Å². The van der Waals surface area contributed by atoms with E-state index < -0.39 is 28.2 Å². The topological polar surface area (TPSA) is 138 Å². The van der Waals surface area contributed by atoms with E-state index in [1.807, 2.05) is 0 Å². The molecule has 0 saturated heterocycles. The number of hydrogen-bond donors (Lipinski definition) is 4. The van der Waals surface area contributed by atoms with Gasteiger partial charge in [0.15, 0.2) is 9.92 Å². The second kappa shape index (κ2) is 7.08. The summed E-state index contributed by atoms with van der Waals surface area (Å²) < 4.78 is 17.0. The summed E-state index contributed by atoms with van der Waals surface area (Å²) in [5.74, 6) is 0. The summed E-state index contributed by atoms with van der Waals surface area (Å²) >= 11 is 1.04. The van der Waals surface area contributed by atoms with E-state index in [2.05, 4.69) is 9.68 Å². The predicted octanol–water partition coefficient (Wildman–Crippen LogP) is 2.74. The Morgan fingerprint density at radius 2 is 2.13 bits per heavy atom. The van der Waals surface area contributed by atoms with E-state index in [1.165, 1.54) is 13.0 Å². The summed E-state index contributed by atoms with van der Waals surface area (Å²) in [5, 5.41) is 29.9. The van der Waals surface area contributed by atoms with Crippen LogP contribution in [-0.4, -0.2) is 32.0 Å². The summed E-state index contributed by atoms with van der Waals surface area (Å²) in [5.41, 5.74) is 4.24. The first-order chi connectivity index (χ1) is 14.7.